The Labute approximate surface area is 115 Å². The first kappa shape index (κ1) is 11.9. The maximum atomic E-state index is 5.70. The van der Waals surface area contributed by atoms with E-state index < -0.39 is 0 Å². The fourth-order valence-electron chi connectivity index (χ4n) is 2.61. The van der Waals surface area contributed by atoms with E-state index in [9.17, 15) is 0 Å². The molecule has 2 N–H and O–H groups in total. The third kappa shape index (κ3) is 1.80. The largest absolute Gasteiger partial charge is 0.324 e. The smallest absolute Gasteiger partial charge is 0.123 e. The number of hydrogen-bond donors (Lipinski definition) is 1. The van der Waals surface area contributed by atoms with Crippen LogP contribution in [0.2, 0.25) is 0 Å². The quantitative estimate of drug-likeness (QED) is 0.927. The summed E-state index contributed by atoms with van der Waals surface area (Å²) in [5.41, 5.74) is 10.8. The summed E-state index contributed by atoms with van der Waals surface area (Å²) < 4.78 is 3.00. The number of rotatable bonds is 2. The molecule has 1 aliphatic carbocycles. The number of nitrogens with zero attached hydrogens (tertiary/aromatic N) is 2. The van der Waals surface area contributed by atoms with Crippen LogP contribution in [0, 0.1) is 0 Å². The van der Waals surface area contributed by atoms with Crippen molar-refractivity contribution in [3.8, 4) is 11.3 Å². The summed E-state index contributed by atoms with van der Waals surface area (Å²) in [6.45, 7) is 0.458. The Kier molecular flexibility index (Phi) is 2.99. The Morgan fingerprint density at radius 2 is 2.11 bits per heavy atom. The standard InChI is InChI=1S/C14H16BrN3/c1-18-12(8-16)17-13(14(18)15)11-6-5-9-3-2-4-10(9)7-11/h5-7H,2-4,8,16H2,1H3. The van der Waals surface area contributed by atoms with E-state index in [-0.39, 0.29) is 0 Å². The normalized spacial score (nSPS) is 13.9. The van der Waals surface area contributed by atoms with Crippen LogP contribution in [-0.4, -0.2) is 9.55 Å². The number of fused-ring (bicyclic) bond motifs is 1. The molecule has 1 aromatic heterocycles. The molecular formula is C14H16BrN3. The van der Waals surface area contributed by atoms with Crippen LogP contribution in [0.15, 0.2) is 22.8 Å². The zero-order chi connectivity index (χ0) is 12.7. The fourth-order valence-corrected chi connectivity index (χ4v) is 3.13. The van der Waals surface area contributed by atoms with Gasteiger partial charge in [-0.25, -0.2) is 4.98 Å². The van der Waals surface area contributed by atoms with E-state index in [0.717, 1.165) is 16.1 Å². The van der Waals surface area contributed by atoms with Gasteiger partial charge in [0, 0.05) is 12.6 Å². The summed E-state index contributed by atoms with van der Waals surface area (Å²) in [5.74, 6) is 0.900. The van der Waals surface area contributed by atoms with E-state index in [0.29, 0.717) is 6.54 Å². The Bertz CT molecular complexity index is 601. The molecule has 0 atom stereocenters. The first-order valence-electron chi connectivity index (χ1n) is 6.24. The van der Waals surface area contributed by atoms with Crippen molar-refractivity contribution in [2.75, 3.05) is 0 Å². The second-order valence-corrected chi connectivity index (χ2v) is 5.52. The van der Waals surface area contributed by atoms with E-state index in [4.69, 9.17) is 5.73 Å². The molecule has 0 unspecified atom stereocenters. The monoisotopic (exact) mass is 305 g/mol. The van der Waals surface area contributed by atoms with Crippen LogP contribution in [-0.2, 0) is 26.4 Å². The molecule has 0 bridgehead atoms. The van der Waals surface area contributed by atoms with Gasteiger partial charge in [-0.05, 0) is 52.4 Å². The zero-order valence-corrected chi connectivity index (χ0v) is 12.0. The van der Waals surface area contributed by atoms with E-state index in [1.165, 1.54) is 36.0 Å². The molecule has 1 heterocycles. The fraction of sp³-hybridized carbons (Fsp3) is 0.357. The van der Waals surface area contributed by atoms with E-state index >= 15 is 0 Å². The number of imidazole rings is 1. The van der Waals surface area contributed by atoms with Gasteiger partial charge in [-0.3, -0.25) is 0 Å². The Morgan fingerprint density at radius 3 is 2.83 bits per heavy atom. The average molecular weight is 306 g/mol. The molecule has 0 fully saturated rings. The van der Waals surface area contributed by atoms with Crippen molar-refractivity contribution in [3.63, 3.8) is 0 Å². The van der Waals surface area contributed by atoms with Crippen molar-refractivity contribution in [2.45, 2.75) is 25.8 Å². The summed E-state index contributed by atoms with van der Waals surface area (Å²) in [5, 5.41) is 0. The van der Waals surface area contributed by atoms with Crippen molar-refractivity contribution < 1.29 is 0 Å². The van der Waals surface area contributed by atoms with Gasteiger partial charge in [-0.2, -0.15) is 0 Å². The molecule has 0 radical (unpaired) electrons. The molecular weight excluding hydrogens is 290 g/mol. The zero-order valence-electron chi connectivity index (χ0n) is 10.4. The minimum Gasteiger partial charge on any atom is -0.324 e. The predicted octanol–water partition coefficient (Wildman–Crippen LogP) is 2.80. The second-order valence-electron chi connectivity index (χ2n) is 4.77. The lowest BCUT2D eigenvalue weighted by Crippen LogP contribution is -2.04. The molecule has 2 aromatic rings. The summed E-state index contributed by atoms with van der Waals surface area (Å²) in [4.78, 5) is 4.61. The molecule has 3 rings (SSSR count). The van der Waals surface area contributed by atoms with Crippen molar-refractivity contribution in [1.82, 2.24) is 9.55 Å². The summed E-state index contributed by atoms with van der Waals surface area (Å²) >= 11 is 3.60. The third-order valence-electron chi connectivity index (χ3n) is 3.67. The minimum absolute atomic E-state index is 0.458. The molecule has 0 spiro atoms. The Balaban J connectivity index is 2.10. The highest BCUT2D eigenvalue weighted by molar-refractivity contribution is 9.10. The van der Waals surface area contributed by atoms with Crippen LogP contribution in [0.25, 0.3) is 11.3 Å². The maximum Gasteiger partial charge on any atom is 0.123 e. The highest BCUT2D eigenvalue weighted by atomic mass is 79.9. The number of nitrogens with two attached hydrogens (primary N) is 1. The van der Waals surface area contributed by atoms with Crippen LogP contribution in [0.5, 0.6) is 0 Å². The second kappa shape index (κ2) is 4.52. The lowest BCUT2D eigenvalue weighted by atomic mass is 10.0. The highest BCUT2D eigenvalue weighted by Crippen LogP contribution is 2.32. The van der Waals surface area contributed by atoms with Crippen molar-refractivity contribution in [2.24, 2.45) is 12.8 Å². The van der Waals surface area contributed by atoms with Crippen molar-refractivity contribution in [3.05, 3.63) is 39.8 Å². The van der Waals surface area contributed by atoms with Gasteiger partial charge in [-0.15, -0.1) is 0 Å². The lowest BCUT2D eigenvalue weighted by Gasteiger charge is -2.03. The van der Waals surface area contributed by atoms with Crippen molar-refractivity contribution in [1.29, 1.82) is 0 Å². The number of hydrogen-bond acceptors (Lipinski definition) is 2. The topological polar surface area (TPSA) is 43.8 Å². The van der Waals surface area contributed by atoms with Gasteiger partial charge in [-0.1, -0.05) is 12.1 Å². The van der Waals surface area contributed by atoms with Gasteiger partial charge in [0.2, 0.25) is 0 Å². The Hall–Kier alpha value is -1.13. The van der Waals surface area contributed by atoms with Crippen LogP contribution in [0.3, 0.4) is 0 Å². The van der Waals surface area contributed by atoms with Gasteiger partial charge in [0.25, 0.3) is 0 Å². The average Bonchev–Trinajstić information content (AvgIpc) is 2.95. The van der Waals surface area contributed by atoms with E-state index in [1.807, 2.05) is 11.6 Å². The van der Waals surface area contributed by atoms with E-state index in [2.05, 4.69) is 39.1 Å². The lowest BCUT2D eigenvalue weighted by molar-refractivity contribution is 0.781. The van der Waals surface area contributed by atoms with Gasteiger partial charge >= 0.3 is 0 Å². The van der Waals surface area contributed by atoms with Gasteiger partial charge in [0.15, 0.2) is 0 Å². The molecule has 0 saturated heterocycles. The molecule has 1 aliphatic rings. The first-order valence-corrected chi connectivity index (χ1v) is 7.03. The summed E-state index contributed by atoms with van der Waals surface area (Å²) in [7, 11) is 1.98. The highest BCUT2D eigenvalue weighted by Gasteiger charge is 2.16. The molecule has 94 valence electrons. The van der Waals surface area contributed by atoms with E-state index in [1.54, 1.807) is 0 Å². The molecule has 3 nitrogen and oxygen atoms in total. The number of benzene rings is 1. The third-order valence-corrected chi connectivity index (χ3v) is 4.58. The molecule has 18 heavy (non-hydrogen) atoms. The molecule has 1 aromatic carbocycles. The SMILES string of the molecule is Cn1c(CN)nc(-c2ccc3c(c2)CCC3)c1Br. The van der Waals surface area contributed by atoms with Crippen LogP contribution < -0.4 is 5.73 Å². The van der Waals surface area contributed by atoms with Gasteiger partial charge in [0.05, 0.1) is 6.54 Å². The maximum absolute atomic E-state index is 5.70. The van der Waals surface area contributed by atoms with Crippen molar-refractivity contribution >= 4 is 15.9 Å². The number of aromatic nitrogens is 2. The number of halogens is 1. The van der Waals surface area contributed by atoms with Gasteiger partial charge < -0.3 is 10.3 Å². The number of aryl methyl sites for hydroxylation is 2. The summed E-state index contributed by atoms with van der Waals surface area (Å²) in [6, 6.07) is 6.67. The minimum atomic E-state index is 0.458. The predicted molar refractivity (Wildman–Crippen MR) is 76.3 cm³/mol. The Morgan fingerprint density at radius 1 is 1.33 bits per heavy atom. The van der Waals surface area contributed by atoms with Crippen LogP contribution in [0.4, 0.5) is 0 Å². The molecule has 0 amide bonds. The van der Waals surface area contributed by atoms with Crippen LogP contribution >= 0.6 is 15.9 Å². The molecule has 0 aliphatic heterocycles. The van der Waals surface area contributed by atoms with Gasteiger partial charge in [0.1, 0.15) is 16.1 Å². The summed E-state index contributed by atoms with van der Waals surface area (Å²) in [6.07, 6.45) is 3.68. The van der Waals surface area contributed by atoms with Crippen LogP contribution in [0.1, 0.15) is 23.4 Å². The first-order chi connectivity index (χ1) is 8.70. The molecule has 4 heteroatoms. The molecule has 0 saturated carbocycles.